The summed E-state index contributed by atoms with van der Waals surface area (Å²) in [6.07, 6.45) is 0. The Balaban J connectivity index is 0.000000810. The third kappa shape index (κ3) is 1.95. The van der Waals surface area contributed by atoms with Gasteiger partial charge in [0.1, 0.15) is 0 Å². The molecular weight excluding hydrogens is 163 g/mol. The van der Waals surface area contributed by atoms with Gasteiger partial charge < -0.3 is 5.73 Å². The molecule has 1 heterocycles. The van der Waals surface area contributed by atoms with Crippen molar-refractivity contribution < 1.29 is 34.5 Å². The van der Waals surface area contributed by atoms with Crippen LogP contribution in [0.25, 0.3) is 0 Å². The number of nitrogens with two attached hydrogens (primary N) is 1. The monoisotopic (exact) mass is 166 g/mol. The molecule has 1 aromatic heterocycles. The predicted octanol–water partition coefficient (Wildman–Crippen LogP) is -1.96. The van der Waals surface area contributed by atoms with Gasteiger partial charge in [0.05, 0.1) is 0 Å². The minimum absolute atomic E-state index is 0. The summed E-state index contributed by atoms with van der Waals surface area (Å²) in [6, 6.07) is 0. The third-order valence-electron chi connectivity index (χ3n) is 0.798. The van der Waals surface area contributed by atoms with Gasteiger partial charge >= 0.3 is 29.6 Å². The van der Waals surface area contributed by atoms with Crippen LogP contribution in [-0.4, -0.2) is 4.92 Å². The Kier molecular flexibility index (Phi) is 3.88. The van der Waals surface area contributed by atoms with Crippen molar-refractivity contribution in [3.05, 3.63) is 20.9 Å². The summed E-state index contributed by atoms with van der Waals surface area (Å²) in [4.78, 5) is 9.43. The number of hydrogen-bond acceptors (Lipinski definition) is 4. The zero-order chi connectivity index (χ0) is 6.85. The van der Waals surface area contributed by atoms with Crippen molar-refractivity contribution >= 4 is 22.7 Å². The molecule has 0 saturated carbocycles. The van der Waals surface area contributed by atoms with E-state index in [0.717, 1.165) is 11.3 Å². The SMILES string of the molecule is Nc1cs[c-]c1[N+](=O)[O-].[Na+]. The summed E-state index contributed by atoms with van der Waals surface area (Å²) in [7, 11) is 0. The molecule has 48 valence electrons. The van der Waals surface area contributed by atoms with Crippen molar-refractivity contribution in [2.45, 2.75) is 0 Å². The van der Waals surface area contributed by atoms with Gasteiger partial charge in [-0.15, -0.1) is 5.38 Å². The second-order valence-electron chi connectivity index (χ2n) is 1.40. The van der Waals surface area contributed by atoms with E-state index in [2.05, 4.69) is 5.38 Å². The molecule has 1 aromatic rings. The molecule has 0 unspecified atom stereocenters. The Hall–Kier alpha value is -0.1000. The number of nitrogen functional groups attached to an aromatic ring is 1. The van der Waals surface area contributed by atoms with Crippen LogP contribution in [-0.2, 0) is 0 Å². The number of hydrogen-bond donors (Lipinski definition) is 1. The van der Waals surface area contributed by atoms with Crippen LogP contribution in [0.1, 0.15) is 0 Å². The van der Waals surface area contributed by atoms with Crippen LogP contribution in [0.3, 0.4) is 0 Å². The number of rotatable bonds is 1. The summed E-state index contributed by atoms with van der Waals surface area (Å²) < 4.78 is 0. The molecule has 0 aromatic carbocycles. The van der Waals surface area contributed by atoms with Gasteiger partial charge in [0.15, 0.2) is 5.69 Å². The maximum absolute atomic E-state index is 9.98. The summed E-state index contributed by atoms with van der Waals surface area (Å²) in [5, 5.41) is 13.9. The molecule has 0 radical (unpaired) electrons. The summed E-state index contributed by atoms with van der Waals surface area (Å²) >= 11 is 1.10. The van der Waals surface area contributed by atoms with Gasteiger partial charge in [-0.25, -0.2) is 0 Å². The van der Waals surface area contributed by atoms with E-state index in [1.54, 1.807) is 0 Å². The second kappa shape index (κ2) is 3.92. The predicted molar refractivity (Wildman–Crippen MR) is 34.2 cm³/mol. The first-order chi connectivity index (χ1) is 4.22. The summed E-state index contributed by atoms with van der Waals surface area (Å²) in [5.41, 5.74) is 5.24. The molecule has 0 fully saturated rings. The van der Waals surface area contributed by atoms with Gasteiger partial charge in [0.2, 0.25) is 0 Å². The average Bonchev–Trinajstić information content (AvgIpc) is 2.13. The Bertz CT molecular complexity index is 237. The smallest absolute Gasteiger partial charge is 0.453 e. The molecule has 1 rings (SSSR count). The fourth-order valence-electron chi connectivity index (χ4n) is 0.406. The maximum Gasteiger partial charge on any atom is 1.00 e. The van der Waals surface area contributed by atoms with E-state index in [1.807, 2.05) is 0 Å². The zero-order valence-electron chi connectivity index (χ0n) is 5.33. The summed E-state index contributed by atoms with van der Waals surface area (Å²) in [5.74, 6) is 0. The average molecular weight is 166 g/mol. The van der Waals surface area contributed by atoms with E-state index in [-0.39, 0.29) is 40.9 Å². The largest absolute Gasteiger partial charge is 1.00 e. The number of nitro groups is 1. The molecule has 10 heavy (non-hydrogen) atoms. The minimum atomic E-state index is -0.550. The molecule has 0 aliphatic carbocycles. The third-order valence-corrected chi connectivity index (χ3v) is 1.48. The molecule has 4 nitrogen and oxygen atoms in total. The molecule has 0 aliphatic heterocycles. The molecule has 0 spiro atoms. The van der Waals surface area contributed by atoms with Crippen molar-refractivity contribution in [3.63, 3.8) is 0 Å². The van der Waals surface area contributed by atoms with Gasteiger partial charge in [0.25, 0.3) is 0 Å². The first-order valence-electron chi connectivity index (χ1n) is 2.11. The van der Waals surface area contributed by atoms with E-state index >= 15 is 0 Å². The van der Waals surface area contributed by atoms with E-state index in [0.29, 0.717) is 0 Å². The topological polar surface area (TPSA) is 69.2 Å². The summed E-state index contributed by atoms with van der Waals surface area (Å²) in [6.45, 7) is 0. The van der Waals surface area contributed by atoms with Crippen molar-refractivity contribution in [1.82, 2.24) is 0 Å². The minimum Gasteiger partial charge on any atom is -0.453 e. The van der Waals surface area contributed by atoms with Crippen LogP contribution < -0.4 is 35.3 Å². The molecule has 6 heteroatoms. The molecule has 2 N–H and O–H groups in total. The van der Waals surface area contributed by atoms with E-state index < -0.39 is 4.92 Å². The van der Waals surface area contributed by atoms with Crippen molar-refractivity contribution in [1.29, 1.82) is 0 Å². The standard InChI is InChI=1S/C4H3N2O2S.Na/c5-3-1-9-2-4(3)6(7)8;/h1H,5H2;/q-1;+1. The van der Waals surface area contributed by atoms with E-state index in [9.17, 15) is 10.1 Å². The van der Waals surface area contributed by atoms with Crippen molar-refractivity contribution in [2.24, 2.45) is 0 Å². The van der Waals surface area contributed by atoms with Crippen LogP contribution >= 0.6 is 11.3 Å². The number of nitrogens with zero attached hydrogens (tertiary/aromatic N) is 1. The normalized spacial score (nSPS) is 8.40. The van der Waals surface area contributed by atoms with Gasteiger partial charge in [-0.05, 0) is 11.1 Å². The molecule has 0 saturated heterocycles. The second-order valence-corrected chi connectivity index (χ2v) is 2.07. The van der Waals surface area contributed by atoms with Gasteiger partial charge in [-0.3, -0.25) is 21.5 Å². The Morgan fingerprint density at radius 1 is 1.80 bits per heavy atom. The first kappa shape index (κ1) is 9.90. The Labute approximate surface area is 83.5 Å². The van der Waals surface area contributed by atoms with Crippen LogP contribution in [0.15, 0.2) is 5.38 Å². The quantitative estimate of drug-likeness (QED) is 0.228. The first-order valence-corrected chi connectivity index (χ1v) is 2.99. The van der Waals surface area contributed by atoms with Crippen LogP contribution in [0.2, 0.25) is 0 Å². The van der Waals surface area contributed by atoms with Crippen molar-refractivity contribution in [3.8, 4) is 0 Å². The van der Waals surface area contributed by atoms with Crippen LogP contribution in [0.5, 0.6) is 0 Å². The number of thiophene rings is 1. The number of anilines is 1. The molecule has 0 bridgehead atoms. The van der Waals surface area contributed by atoms with E-state index in [4.69, 9.17) is 5.73 Å². The molecule has 0 atom stereocenters. The molecule has 0 aliphatic rings. The van der Waals surface area contributed by atoms with Crippen molar-refractivity contribution in [2.75, 3.05) is 5.73 Å². The van der Waals surface area contributed by atoms with Gasteiger partial charge in [-0.1, -0.05) is 0 Å². The van der Waals surface area contributed by atoms with Crippen LogP contribution in [0.4, 0.5) is 11.4 Å². The fraction of sp³-hybridized carbons (Fsp3) is 0. The molecular formula is C4H3N2NaO2S. The van der Waals surface area contributed by atoms with Crippen LogP contribution in [0, 0.1) is 15.5 Å². The van der Waals surface area contributed by atoms with Gasteiger partial charge in [-0.2, -0.15) is 0 Å². The Morgan fingerprint density at radius 2 is 2.40 bits per heavy atom. The maximum atomic E-state index is 9.98. The molecule has 0 amide bonds. The zero-order valence-corrected chi connectivity index (χ0v) is 8.14. The Morgan fingerprint density at radius 3 is 2.60 bits per heavy atom. The van der Waals surface area contributed by atoms with E-state index in [1.165, 1.54) is 5.38 Å². The fourth-order valence-corrected chi connectivity index (χ4v) is 1.01. The van der Waals surface area contributed by atoms with Gasteiger partial charge in [0, 0.05) is 4.92 Å².